The molecule has 14 nitrogen and oxygen atoms in total. The highest BCUT2D eigenvalue weighted by Crippen LogP contribution is 2.41. The van der Waals surface area contributed by atoms with Crippen molar-refractivity contribution >= 4 is 79.3 Å². The second-order valence-corrected chi connectivity index (χ2v) is 27.4. The van der Waals surface area contributed by atoms with Crippen LogP contribution in [0.3, 0.4) is 0 Å². The molecule has 3 aliphatic heterocycles. The molecule has 9 aromatic rings. The Balaban J connectivity index is 0.000000141. The molecule has 0 aliphatic carbocycles. The summed E-state index contributed by atoms with van der Waals surface area (Å²) in [6.07, 6.45) is 12.6. The van der Waals surface area contributed by atoms with Crippen LogP contribution in [0.15, 0.2) is 187 Å². The first-order chi connectivity index (χ1) is 40.5. The quantitative estimate of drug-likeness (QED) is 0.126. The number of sulfone groups is 3. The Labute approximate surface area is 490 Å². The molecule has 84 heavy (non-hydrogen) atoms. The number of fused-ring (bicyclic) bond motifs is 3. The lowest BCUT2D eigenvalue weighted by atomic mass is 9.98. The smallest absolute Gasteiger partial charge is 0.210 e. The van der Waals surface area contributed by atoms with E-state index in [1.807, 2.05) is 41.3 Å². The Morgan fingerprint density at radius 1 is 0.464 bits per heavy atom. The van der Waals surface area contributed by atoms with Gasteiger partial charge in [-0.1, -0.05) is 69.2 Å². The third kappa shape index (κ3) is 12.6. The number of nitriles is 1. The van der Waals surface area contributed by atoms with Crippen molar-refractivity contribution in [3.05, 3.63) is 175 Å². The number of ether oxygens (including phenoxy) is 1. The van der Waals surface area contributed by atoms with Crippen molar-refractivity contribution in [2.45, 2.75) is 94.6 Å². The van der Waals surface area contributed by atoms with Crippen LogP contribution >= 0.6 is 0 Å². The Kier molecular flexibility index (Phi) is 17.9. The number of pyridine rings is 3. The van der Waals surface area contributed by atoms with Crippen molar-refractivity contribution in [1.29, 1.82) is 5.26 Å². The number of hydrogen-bond acceptors (Lipinski definition) is 14. The van der Waals surface area contributed by atoms with Crippen LogP contribution in [-0.2, 0) is 29.5 Å². The minimum atomic E-state index is -3.95. The predicted octanol–water partition coefficient (Wildman–Crippen LogP) is 13.2. The zero-order valence-corrected chi connectivity index (χ0v) is 49.5. The van der Waals surface area contributed by atoms with Crippen molar-refractivity contribution in [3.63, 3.8) is 0 Å². The van der Waals surface area contributed by atoms with Crippen LogP contribution in [0.1, 0.15) is 70.8 Å². The zero-order chi connectivity index (χ0) is 59.2. The summed E-state index contributed by atoms with van der Waals surface area (Å²) in [7, 11) is -9.89. The molecule has 6 heterocycles. The number of methoxy groups -OCH3 is 1. The van der Waals surface area contributed by atoms with Gasteiger partial charge in [0, 0.05) is 74.0 Å². The minimum Gasteiger partial charge on any atom is -0.497 e. The number of hydrogen-bond donors (Lipinski definition) is 0. The first-order valence-electron chi connectivity index (χ1n) is 28.2. The number of benzene rings is 6. The third-order valence-corrected chi connectivity index (χ3v) is 21.2. The molecule has 0 bridgehead atoms. The van der Waals surface area contributed by atoms with Crippen LogP contribution in [0.25, 0.3) is 32.7 Å². The van der Waals surface area contributed by atoms with Crippen molar-refractivity contribution < 1.29 is 38.8 Å². The maximum Gasteiger partial charge on any atom is 0.210 e. The molecule has 3 fully saturated rings. The van der Waals surface area contributed by atoms with E-state index in [-0.39, 0.29) is 25.1 Å². The monoisotopic (exact) mass is 1190 g/mol. The van der Waals surface area contributed by atoms with Crippen LogP contribution < -0.4 is 19.4 Å². The van der Waals surface area contributed by atoms with Crippen LogP contribution in [0.5, 0.6) is 5.75 Å². The van der Waals surface area contributed by atoms with E-state index in [4.69, 9.17) is 10.00 Å². The van der Waals surface area contributed by atoms with Crippen LogP contribution in [0, 0.1) is 34.8 Å². The maximum absolute atomic E-state index is 14.1. The number of rotatable bonds is 10. The Bertz CT molecular complexity index is 4240. The minimum absolute atomic E-state index is 0.0285. The SMILES string of the molecule is CC1CCN(c2c(S(=O)(=O)c3cccc(C#N)c3)cnc3ccc(F)cc23)CC1.COc1ccc(S(=O)(=O)c2cnc3ccc(F)cc3c2N2CCC(C)CC2)cc1.O=S(=O)(c1ccccc1)c1cnc2ccccc2c1N1CCCCCC1. The summed E-state index contributed by atoms with van der Waals surface area (Å²) in [6.45, 7) is 8.96. The first kappa shape index (κ1) is 59.1. The highest BCUT2D eigenvalue weighted by atomic mass is 32.2. The molecule has 0 N–H and O–H groups in total. The van der Waals surface area contributed by atoms with Crippen LogP contribution in [0.4, 0.5) is 25.8 Å². The molecular formula is C65H65F2N7O7S3. The van der Waals surface area contributed by atoms with Crippen molar-refractivity contribution in [1.82, 2.24) is 15.0 Å². The average Bonchev–Trinajstić information content (AvgIpc) is 3.93. The predicted molar refractivity (Wildman–Crippen MR) is 324 cm³/mol. The van der Waals surface area contributed by atoms with Gasteiger partial charge in [-0.05, 0) is 147 Å². The molecule has 19 heteroatoms. The van der Waals surface area contributed by atoms with Gasteiger partial charge in [-0.3, -0.25) is 15.0 Å². The number of aromatic nitrogens is 3. The maximum atomic E-state index is 14.1. The van der Waals surface area contributed by atoms with Crippen LogP contribution in [0.2, 0.25) is 0 Å². The molecule has 3 saturated heterocycles. The van der Waals surface area contributed by atoms with Gasteiger partial charge in [-0.15, -0.1) is 0 Å². The number of para-hydroxylation sites is 1. The average molecular weight is 1190 g/mol. The molecule has 3 aromatic heterocycles. The van der Waals surface area contributed by atoms with E-state index in [0.29, 0.717) is 73.6 Å². The lowest BCUT2D eigenvalue weighted by Crippen LogP contribution is -2.34. The topological polar surface area (TPSA) is 184 Å². The largest absolute Gasteiger partial charge is 0.497 e. The molecule has 434 valence electrons. The summed E-state index contributed by atoms with van der Waals surface area (Å²) in [5.41, 5.74) is 4.05. The fourth-order valence-corrected chi connectivity index (χ4v) is 15.5. The third-order valence-electron chi connectivity index (χ3n) is 15.9. The molecule has 0 saturated carbocycles. The van der Waals surface area contributed by atoms with Gasteiger partial charge >= 0.3 is 0 Å². The van der Waals surface area contributed by atoms with E-state index < -0.39 is 41.1 Å². The normalized spacial score (nSPS) is 15.6. The fraction of sp³-hybridized carbons (Fsp3) is 0.292. The molecule has 0 unspecified atom stereocenters. The molecule has 3 aliphatic rings. The summed E-state index contributed by atoms with van der Waals surface area (Å²) in [4.78, 5) is 20.3. The standard InChI is InChI=1S/C22H20FN3O2S.C22H23FN2O3S.C21H22N2O2S/c1-15-7-9-26(10-8-15)22-19-12-17(23)5-6-20(19)25-14-21(22)29(27,28)18-4-2-3-16(11-18)13-24;1-15-9-11-25(12-10-15)22-19-13-16(23)3-8-20(19)24-14-21(22)29(26,27)18-6-4-17(28-2)5-7-18;24-26(25,17-10-4-3-5-11-17)20-16-22-19-13-7-6-12-18(19)21(20)23-14-8-1-2-9-15-23/h2-6,11-12,14-15H,7-10H2,1H3;3-8,13-15H,9-12H2,1-2H3;3-7,10-13,16H,1-2,8-9,14-15H2. The van der Waals surface area contributed by atoms with E-state index in [2.05, 4.69) is 38.6 Å². The van der Waals surface area contributed by atoms with Crippen molar-refractivity contribution in [2.24, 2.45) is 11.8 Å². The van der Waals surface area contributed by atoms with Gasteiger partial charge in [0.1, 0.15) is 32.1 Å². The Morgan fingerprint density at radius 2 is 0.881 bits per heavy atom. The van der Waals surface area contributed by atoms with Gasteiger partial charge in [0.15, 0.2) is 0 Å². The molecule has 0 spiro atoms. The second kappa shape index (κ2) is 25.4. The first-order valence-corrected chi connectivity index (χ1v) is 32.7. The van der Waals surface area contributed by atoms with Gasteiger partial charge in [0.25, 0.3) is 0 Å². The fourth-order valence-electron chi connectivity index (χ4n) is 11.2. The van der Waals surface area contributed by atoms with Gasteiger partial charge in [0.2, 0.25) is 29.5 Å². The van der Waals surface area contributed by atoms with Gasteiger partial charge < -0.3 is 19.4 Å². The number of nitrogens with zero attached hydrogens (tertiary/aromatic N) is 7. The summed E-state index contributed by atoms with van der Waals surface area (Å²) >= 11 is 0. The van der Waals surface area contributed by atoms with Crippen LogP contribution in [-0.4, -0.2) is 86.6 Å². The number of anilines is 3. The summed E-state index contributed by atoms with van der Waals surface area (Å²) < 4.78 is 114. The second-order valence-electron chi connectivity index (χ2n) is 21.6. The molecule has 0 atom stereocenters. The van der Waals surface area contributed by atoms with E-state index in [0.717, 1.165) is 81.3 Å². The number of piperidine rings is 2. The lowest BCUT2D eigenvalue weighted by Gasteiger charge is -2.34. The van der Waals surface area contributed by atoms with E-state index in [9.17, 15) is 34.0 Å². The summed E-state index contributed by atoms with van der Waals surface area (Å²) in [5, 5.41) is 11.1. The van der Waals surface area contributed by atoms with Crippen molar-refractivity contribution in [3.8, 4) is 11.8 Å². The van der Waals surface area contributed by atoms with E-state index >= 15 is 0 Å². The van der Waals surface area contributed by atoms with Crippen molar-refractivity contribution in [2.75, 3.05) is 61.1 Å². The molecule has 0 amide bonds. The Hall–Kier alpha value is -8.05. The molecule has 12 rings (SSSR count). The summed E-state index contributed by atoms with van der Waals surface area (Å²) in [5.74, 6) is 0.867. The zero-order valence-electron chi connectivity index (χ0n) is 47.0. The van der Waals surface area contributed by atoms with Gasteiger partial charge in [0.05, 0.1) is 67.0 Å². The highest BCUT2D eigenvalue weighted by Gasteiger charge is 2.32. The van der Waals surface area contributed by atoms with Gasteiger partial charge in [-0.2, -0.15) is 5.26 Å². The molecule has 0 radical (unpaired) electrons. The summed E-state index contributed by atoms with van der Waals surface area (Å²) in [6, 6.07) is 39.1. The van der Waals surface area contributed by atoms with E-state index in [1.165, 1.54) is 87.1 Å². The lowest BCUT2D eigenvalue weighted by molar-refractivity contribution is 0.414. The Morgan fingerprint density at radius 3 is 1.37 bits per heavy atom. The highest BCUT2D eigenvalue weighted by molar-refractivity contribution is 7.92. The molecule has 6 aromatic carbocycles. The van der Waals surface area contributed by atoms with Gasteiger partial charge in [-0.25, -0.2) is 34.0 Å². The number of halogens is 2. The van der Waals surface area contributed by atoms with E-state index in [1.54, 1.807) is 60.7 Å². The molecular weight excluding hydrogens is 1120 g/mol.